The summed E-state index contributed by atoms with van der Waals surface area (Å²) in [7, 11) is 0. The molecule has 1 aromatic carbocycles. The standard InChI is InChI=1S/C19H23N3O2/c1-14(13-15-4-6-17(23)7-5-15)21-19(24)22-12-2-3-18(22)16-8-10-20-11-9-16/h4-11,14,18,23H,2-3,12-13H2,1H3,(H,21,24)/t14-,18+/m0/s1. The van der Waals surface area contributed by atoms with Crippen LogP contribution in [0.5, 0.6) is 5.75 Å². The van der Waals surface area contributed by atoms with E-state index in [1.807, 2.05) is 36.1 Å². The van der Waals surface area contributed by atoms with Gasteiger partial charge in [-0.05, 0) is 61.6 Å². The number of rotatable bonds is 4. The summed E-state index contributed by atoms with van der Waals surface area (Å²) in [5.41, 5.74) is 2.23. The summed E-state index contributed by atoms with van der Waals surface area (Å²) < 4.78 is 0. The van der Waals surface area contributed by atoms with Crippen LogP contribution in [-0.2, 0) is 6.42 Å². The van der Waals surface area contributed by atoms with Crippen LogP contribution in [0.15, 0.2) is 48.8 Å². The summed E-state index contributed by atoms with van der Waals surface area (Å²) in [5.74, 6) is 0.257. The molecule has 0 aliphatic carbocycles. The van der Waals surface area contributed by atoms with Crippen LogP contribution in [0.1, 0.15) is 36.9 Å². The Morgan fingerprint density at radius 2 is 2.00 bits per heavy atom. The highest BCUT2D eigenvalue weighted by molar-refractivity contribution is 5.75. The van der Waals surface area contributed by atoms with E-state index in [-0.39, 0.29) is 23.9 Å². The number of aromatic nitrogens is 1. The Balaban J connectivity index is 1.60. The van der Waals surface area contributed by atoms with Crippen LogP contribution in [0.3, 0.4) is 0 Å². The number of carbonyl (C=O) groups is 1. The highest BCUT2D eigenvalue weighted by Gasteiger charge is 2.30. The van der Waals surface area contributed by atoms with Gasteiger partial charge < -0.3 is 15.3 Å². The second kappa shape index (κ2) is 7.34. The third-order valence-electron chi connectivity index (χ3n) is 4.45. The highest BCUT2D eigenvalue weighted by atomic mass is 16.3. The van der Waals surface area contributed by atoms with Crippen molar-refractivity contribution in [2.45, 2.75) is 38.3 Å². The Kier molecular flexibility index (Phi) is 4.99. The topological polar surface area (TPSA) is 65.5 Å². The molecule has 3 rings (SSSR count). The number of likely N-dealkylation sites (tertiary alicyclic amines) is 1. The summed E-state index contributed by atoms with van der Waals surface area (Å²) in [4.78, 5) is 18.6. The zero-order valence-corrected chi connectivity index (χ0v) is 13.9. The number of hydrogen-bond donors (Lipinski definition) is 2. The van der Waals surface area contributed by atoms with Gasteiger partial charge in [-0.2, -0.15) is 0 Å². The molecule has 0 spiro atoms. The molecule has 1 fully saturated rings. The van der Waals surface area contributed by atoms with Crippen molar-refractivity contribution < 1.29 is 9.90 Å². The molecule has 0 bridgehead atoms. The number of benzene rings is 1. The molecule has 2 amide bonds. The molecule has 1 aromatic heterocycles. The number of nitrogens with zero attached hydrogens (tertiary/aromatic N) is 2. The van der Waals surface area contributed by atoms with E-state index in [9.17, 15) is 9.90 Å². The van der Waals surface area contributed by atoms with E-state index in [0.29, 0.717) is 0 Å². The monoisotopic (exact) mass is 325 g/mol. The fourth-order valence-electron chi connectivity index (χ4n) is 3.27. The van der Waals surface area contributed by atoms with Crippen LogP contribution in [0.25, 0.3) is 0 Å². The van der Waals surface area contributed by atoms with E-state index in [1.165, 1.54) is 0 Å². The molecular weight excluding hydrogens is 302 g/mol. The molecule has 1 aliphatic rings. The van der Waals surface area contributed by atoms with E-state index < -0.39 is 0 Å². The van der Waals surface area contributed by atoms with Crippen molar-refractivity contribution in [3.8, 4) is 5.75 Å². The largest absolute Gasteiger partial charge is 0.508 e. The van der Waals surface area contributed by atoms with Gasteiger partial charge >= 0.3 is 6.03 Å². The van der Waals surface area contributed by atoms with E-state index in [0.717, 1.165) is 36.9 Å². The van der Waals surface area contributed by atoms with Crippen molar-refractivity contribution in [3.63, 3.8) is 0 Å². The van der Waals surface area contributed by atoms with Gasteiger partial charge in [0.25, 0.3) is 0 Å². The second-order valence-electron chi connectivity index (χ2n) is 6.35. The third kappa shape index (κ3) is 3.85. The van der Waals surface area contributed by atoms with E-state index in [2.05, 4.69) is 10.3 Å². The molecule has 2 N–H and O–H groups in total. The SMILES string of the molecule is C[C@@H](Cc1ccc(O)cc1)NC(=O)N1CCC[C@@H]1c1ccncc1. The second-order valence-corrected chi connectivity index (χ2v) is 6.35. The lowest BCUT2D eigenvalue weighted by Gasteiger charge is -2.27. The Morgan fingerprint density at radius 1 is 1.29 bits per heavy atom. The lowest BCUT2D eigenvalue weighted by molar-refractivity contribution is 0.189. The van der Waals surface area contributed by atoms with Gasteiger partial charge in [-0.3, -0.25) is 4.98 Å². The number of aromatic hydroxyl groups is 1. The van der Waals surface area contributed by atoms with Crippen LogP contribution in [0.2, 0.25) is 0 Å². The molecule has 2 aromatic rings. The maximum atomic E-state index is 12.6. The number of hydrogen-bond acceptors (Lipinski definition) is 3. The first-order valence-corrected chi connectivity index (χ1v) is 8.38. The molecule has 2 heterocycles. The molecule has 5 nitrogen and oxygen atoms in total. The molecule has 0 radical (unpaired) electrons. The number of phenols is 1. The fourth-order valence-corrected chi connectivity index (χ4v) is 3.27. The highest BCUT2D eigenvalue weighted by Crippen LogP contribution is 2.31. The smallest absolute Gasteiger partial charge is 0.318 e. The van der Waals surface area contributed by atoms with E-state index >= 15 is 0 Å². The van der Waals surface area contributed by atoms with Crippen LogP contribution in [0, 0.1) is 0 Å². The minimum Gasteiger partial charge on any atom is -0.508 e. The summed E-state index contributed by atoms with van der Waals surface area (Å²) in [5, 5.41) is 12.4. The number of pyridine rings is 1. The zero-order chi connectivity index (χ0) is 16.9. The van der Waals surface area contributed by atoms with Crippen molar-refractivity contribution in [1.82, 2.24) is 15.2 Å². The minimum absolute atomic E-state index is 0.0133. The van der Waals surface area contributed by atoms with Gasteiger partial charge in [0.1, 0.15) is 5.75 Å². The molecular formula is C19H23N3O2. The third-order valence-corrected chi connectivity index (χ3v) is 4.45. The first kappa shape index (κ1) is 16.3. The minimum atomic E-state index is -0.0133. The lowest BCUT2D eigenvalue weighted by atomic mass is 10.1. The van der Waals surface area contributed by atoms with Gasteiger partial charge in [0.15, 0.2) is 0 Å². The Labute approximate surface area is 142 Å². The molecule has 0 unspecified atom stereocenters. The predicted molar refractivity (Wildman–Crippen MR) is 92.7 cm³/mol. The normalized spacial score (nSPS) is 18.4. The molecule has 1 aliphatic heterocycles. The number of phenolic OH excluding ortho intramolecular Hbond substituents is 1. The number of nitrogens with one attached hydrogen (secondary N) is 1. The predicted octanol–water partition coefficient (Wildman–Crippen LogP) is 3.26. The fraction of sp³-hybridized carbons (Fsp3) is 0.368. The molecule has 1 saturated heterocycles. The Hall–Kier alpha value is -2.56. The van der Waals surface area contributed by atoms with E-state index in [4.69, 9.17) is 0 Å². The van der Waals surface area contributed by atoms with Gasteiger partial charge in [-0.1, -0.05) is 12.1 Å². The average Bonchev–Trinajstić information content (AvgIpc) is 3.07. The zero-order valence-electron chi connectivity index (χ0n) is 13.9. The van der Waals surface area contributed by atoms with Crippen molar-refractivity contribution in [2.75, 3.05) is 6.54 Å². The first-order chi connectivity index (χ1) is 11.6. The Morgan fingerprint density at radius 3 is 2.71 bits per heavy atom. The van der Waals surface area contributed by atoms with Gasteiger partial charge in [0.2, 0.25) is 0 Å². The van der Waals surface area contributed by atoms with Crippen LogP contribution in [0.4, 0.5) is 4.79 Å². The first-order valence-electron chi connectivity index (χ1n) is 8.38. The van der Waals surface area contributed by atoms with Crippen molar-refractivity contribution in [1.29, 1.82) is 0 Å². The maximum absolute atomic E-state index is 12.6. The van der Waals surface area contributed by atoms with Crippen molar-refractivity contribution in [2.24, 2.45) is 0 Å². The summed E-state index contributed by atoms with van der Waals surface area (Å²) in [6.07, 6.45) is 6.30. The average molecular weight is 325 g/mol. The van der Waals surface area contributed by atoms with Crippen molar-refractivity contribution in [3.05, 3.63) is 59.9 Å². The van der Waals surface area contributed by atoms with Gasteiger partial charge in [-0.25, -0.2) is 4.79 Å². The summed E-state index contributed by atoms with van der Waals surface area (Å²) >= 11 is 0. The summed E-state index contributed by atoms with van der Waals surface area (Å²) in [6, 6.07) is 11.2. The van der Waals surface area contributed by atoms with Crippen molar-refractivity contribution >= 4 is 6.03 Å². The molecule has 0 saturated carbocycles. The molecule has 5 heteroatoms. The van der Waals surface area contributed by atoms with Gasteiger partial charge in [-0.15, -0.1) is 0 Å². The summed E-state index contributed by atoms with van der Waals surface area (Å²) in [6.45, 7) is 2.78. The molecule has 126 valence electrons. The molecule has 2 atom stereocenters. The molecule has 24 heavy (non-hydrogen) atoms. The number of carbonyl (C=O) groups excluding carboxylic acids is 1. The van der Waals surface area contributed by atoms with Gasteiger partial charge in [0, 0.05) is 25.0 Å². The van der Waals surface area contributed by atoms with E-state index in [1.54, 1.807) is 24.5 Å². The van der Waals surface area contributed by atoms with Crippen LogP contribution in [-0.4, -0.2) is 33.6 Å². The maximum Gasteiger partial charge on any atom is 0.318 e. The lowest BCUT2D eigenvalue weighted by Crippen LogP contribution is -2.44. The van der Waals surface area contributed by atoms with Crippen LogP contribution < -0.4 is 5.32 Å². The van der Waals surface area contributed by atoms with Crippen LogP contribution >= 0.6 is 0 Å². The number of urea groups is 1. The number of amides is 2. The quantitative estimate of drug-likeness (QED) is 0.907. The Bertz CT molecular complexity index is 673. The van der Waals surface area contributed by atoms with Gasteiger partial charge in [0.05, 0.1) is 6.04 Å².